The van der Waals surface area contributed by atoms with Crippen molar-refractivity contribution in [1.29, 1.82) is 0 Å². The minimum absolute atomic E-state index is 0.856. The SMILES string of the molecule is COc1ccc(Nc2ccc(/C=C/C=C/c3ccccc3)cc2)cc1. The molecular weight excluding hydrogens is 306 g/mol. The van der Waals surface area contributed by atoms with E-state index in [0.717, 1.165) is 22.7 Å². The average Bonchev–Trinajstić information content (AvgIpc) is 2.68. The molecule has 0 atom stereocenters. The number of benzene rings is 3. The van der Waals surface area contributed by atoms with Crippen molar-refractivity contribution in [3.8, 4) is 5.75 Å². The summed E-state index contributed by atoms with van der Waals surface area (Å²) in [6.07, 6.45) is 8.30. The standard InChI is InChI=1S/C23H21NO/c1-25-23-17-15-22(16-18-23)24-21-13-11-20(12-14-21)10-6-5-9-19-7-3-2-4-8-19/h2-18,24H,1H3/b9-5+,10-6+. The highest BCUT2D eigenvalue weighted by molar-refractivity contribution is 5.63. The minimum atomic E-state index is 0.856. The lowest BCUT2D eigenvalue weighted by Gasteiger charge is -2.07. The maximum Gasteiger partial charge on any atom is 0.119 e. The summed E-state index contributed by atoms with van der Waals surface area (Å²) in [5, 5.41) is 3.38. The van der Waals surface area contributed by atoms with Crippen LogP contribution in [0.3, 0.4) is 0 Å². The van der Waals surface area contributed by atoms with Crippen molar-refractivity contribution < 1.29 is 4.74 Å². The van der Waals surface area contributed by atoms with Gasteiger partial charge in [-0.2, -0.15) is 0 Å². The number of rotatable bonds is 6. The molecule has 0 aliphatic heterocycles. The van der Waals surface area contributed by atoms with Crippen LogP contribution in [0.5, 0.6) is 5.75 Å². The van der Waals surface area contributed by atoms with E-state index in [0.29, 0.717) is 0 Å². The summed E-state index contributed by atoms with van der Waals surface area (Å²) in [6, 6.07) is 26.5. The lowest BCUT2D eigenvalue weighted by molar-refractivity contribution is 0.415. The molecule has 0 bridgehead atoms. The molecule has 0 saturated carbocycles. The largest absolute Gasteiger partial charge is 0.497 e. The Hall–Kier alpha value is -3.26. The molecule has 0 amide bonds. The first kappa shape index (κ1) is 16.6. The first-order valence-electron chi connectivity index (χ1n) is 8.24. The van der Waals surface area contributed by atoms with Gasteiger partial charge in [0.05, 0.1) is 7.11 Å². The van der Waals surface area contributed by atoms with Crippen LogP contribution in [0.1, 0.15) is 11.1 Å². The Balaban J connectivity index is 1.58. The van der Waals surface area contributed by atoms with Crippen LogP contribution in [0, 0.1) is 0 Å². The second-order valence-corrected chi connectivity index (χ2v) is 5.60. The number of anilines is 2. The third-order valence-corrected chi connectivity index (χ3v) is 3.78. The Bertz CT molecular complexity index is 832. The number of allylic oxidation sites excluding steroid dienone is 2. The van der Waals surface area contributed by atoms with Crippen molar-refractivity contribution in [2.45, 2.75) is 0 Å². The van der Waals surface area contributed by atoms with Crippen LogP contribution in [0.4, 0.5) is 11.4 Å². The quantitative estimate of drug-likeness (QED) is 0.547. The highest BCUT2D eigenvalue weighted by Crippen LogP contribution is 2.20. The zero-order valence-electron chi connectivity index (χ0n) is 14.2. The van der Waals surface area contributed by atoms with Crippen LogP contribution in [-0.4, -0.2) is 7.11 Å². The van der Waals surface area contributed by atoms with Gasteiger partial charge < -0.3 is 10.1 Å². The number of hydrogen-bond donors (Lipinski definition) is 1. The summed E-state index contributed by atoms with van der Waals surface area (Å²) in [6.45, 7) is 0. The molecule has 3 aromatic rings. The van der Waals surface area contributed by atoms with Crippen molar-refractivity contribution in [3.63, 3.8) is 0 Å². The number of nitrogens with one attached hydrogen (secondary N) is 1. The van der Waals surface area contributed by atoms with Gasteiger partial charge in [0.1, 0.15) is 5.75 Å². The molecule has 0 spiro atoms. The van der Waals surface area contributed by atoms with Gasteiger partial charge >= 0.3 is 0 Å². The summed E-state index contributed by atoms with van der Waals surface area (Å²) in [5.74, 6) is 0.856. The fourth-order valence-electron chi connectivity index (χ4n) is 2.42. The van der Waals surface area contributed by atoms with Crippen LogP contribution < -0.4 is 10.1 Å². The molecule has 0 aromatic heterocycles. The zero-order valence-corrected chi connectivity index (χ0v) is 14.2. The molecule has 3 rings (SSSR count). The van der Waals surface area contributed by atoms with E-state index in [9.17, 15) is 0 Å². The van der Waals surface area contributed by atoms with E-state index in [1.165, 1.54) is 5.56 Å². The Morgan fingerprint density at radius 3 is 1.72 bits per heavy atom. The van der Waals surface area contributed by atoms with E-state index >= 15 is 0 Å². The van der Waals surface area contributed by atoms with Gasteiger partial charge in [-0.1, -0.05) is 66.8 Å². The molecule has 25 heavy (non-hydrogen) atoms. The third kappa shape index (κ3) is 5.11. The Kier molecular flexibility index (Phi) is 5.68. The molecule has 124 valence electrons. The van der Waals surface area contributed by atoms with Gasteiger partial charge in [-0.05, 0) is 47.5 Å². The van der Waals surface area contributed by atoms with Gasteiger partial charge in [-0.25, -0.2) is 0 Å². The molecule has 0 aliphatic carbocycles. The second-order valence-electron chi connectivity index (χ2n) is 5.60. The predicted molar refractivity (Wildman–Crippen MR) is 107 cm³/mol. The van der Waals surface area contributed by atoms with E-state index < -0.39 is 0 Å². The Morgan fingerprint density at radius 1 is 0.640 bits per heavy atom. The van der Waals surface area contributed by atoms with Gasteiger partial charge in [0.25, 0.3) is 0 Å². The molecule has 0 heterocycles. The van der Waals surface area contributed by atoms with Crippen LogP contribution in [-0.2, 0) is 0 Å². The minimum Gasteiger partial charge on any atom is -0.497 e. The number of ether oxygens (including phenoxy) is 1. The Labute approximate surface area is 149 Å². The van der Waals surface area contributed by atoms with E-state index in [1.807, 2.05) is 42.5 Å². The van der Waals surface area contributed by atoms with Gasteiger partial charge in [0.15, 0.2) is 0 Å². The van der Waals surface area contributed by atoms with Crippen molar-refractivity contribution in [2.75, 3.05) is 12.4 Å². The van der Waals surface area contributed by atoms with Gasteiger partial charge in [0.2, 0.25) is 0 Å². The van der Waals surface area contributed by atoms with E-state index in [1.54, 1.807) is 7.11 Å². The van der Waals surface area contributed by atoms with Crippen molar-refractivity contribution >= 4 is 23.5 Å². The smallest absolute Gasteiger partial charge is 0.119 e. The summed E-state index contributed by atoms with van der Waals surface area (Å²) in [7, 11) is 1.67. The van der Waals surface area contributed by atoms with Crippen LogP contribution in [0.25, 0.3) is 12.2 Å². The van der Waals surface area contributed by atoms with Crippen molar-refractivity contribution in [2.24, 2.45) is 0 Å². The zero-order chi connectivity index (χ0) is 17.3. The van der Waals surface area contributed by atoms with E-state index in [-0.39, 0.29) is 0 Å². The summed E-state index contributed by atoms with van der Waals surface area (Å²) >= 11 is 0. The first-order valence-corrected chi connectivity index (χ1v) is 8.24. The molecule has 2 nitrogen and oxygen atoms in total. The van der Waals surface area contributed by atoms with Crippen molar-refractivity contribution in [1.82, 2.24) is 0 Å². The molecule has 0 aliphatic rings. The summed E-state index contributed by atoms with van der Waals surface area (Å²) < 4.78 is 5.17. The van der Waals surface area contributed by atoms with Crippen molar-refractivity contribution in [3.05, 3.63) is 102 Å². The second kappa shape index (κ2) is 8.55. The molecular formula is C23H21NO. The van der Waals surface area contributed by atoms with Gasteiger partial charge in [0, 0.05) is 11.4 Å². The van der Waals surface area contributed by atoms with Crippen LogP contribution in [0.15, 0.2) is 91.0 Å². The topological polar surface area (TPSA) is 21.3 Å². The Morgan fingerprint density at radius 2 is 1.16 bits per heavy atom. The molecule has 0 saturated heterocycles. The number of hydrogen-bond acceptors (Lipinski definition) is 2. The van der Waals surface area contributed by atoms with Gasteiger partial charge in [-0.3, -0.25) is 0 Å². The molecule has 3 aromatic carbocycles. The molecule has 0 radical (unpaired) electrons. The predicted octanol–water partition coefficient (Wildman–Crippen LogP) is 6.17. The maximum atomic E-state index is 5.17. The lowest BCUT2D eigenvalue weighted by Crippen LogP contribution is -1.90. The lowest BCUT2D eigenvalue weighted by atomic mass is 10.1. The molecule has 1 N–H and O–H groups in total. The highest BCUT2D eigenvalue weighted by Gasteiger charge is 1.96. The molecule has 2 heteroatoms. The molecule has 0 unspecified atom stereocenters. The van der Waals surface area contributed by atoms with Crippen LogP contribution >= 0.6 is 0 Å². The van der Waals surface area contributed by atoms with Gasteiger partial charge in [-0.15, -0.1) is 0 Å². The fourth-order valence-corrected chi connectivity index (χ4v) is 2.42. The highest BCUT2D eigenvalue weighted by atomic mass is 16.5. The number of methoxy groups -OCH3 is 1. The average molecular weight is 327 g/mol. The van der Waals surface area contributed by atoms with E-state index in [2.05, 4.69) is 66.0 Å². The monoisotopic (exact) mass is 327 g/mol. The van der Waals surface area contributed by atoms with E-state index in [4.69, 9.17) is 4.74 Å². The normalized spacial score (nSPS) is 11.1. The van der Waals surface area contributed by atoms with Crippen LogP contribution in [0.2, 0.25) is 0 Å². The summed E-state index contributed by atoms with van der Waals surface area (Å²) in [5.41, 5.74) is 4.46. The molecule has 0 fully saturated rings. The first-order chi connectivity index (χ1) is 12.3. The third-order valence-electron chi connectivity index (χ3n) is 3.78. The fraction of sp³-hybridized carbons (Fsp3) is 0.0435. The summed E-state index contributed by atoms with van der Waals surface area (Å²) in [4.78, 5) is 0. The maximum absolute atomic E-state index is 5.17.